The molecule has 5 heteroatoms. The molecule has 0 aliphatic carbocycles. The maximum atomic E-state index is 6.08. The van der Waals surface area contributed by atoms with Gasteiger partial charge >= 0.3 is 0 Å². The summed E-state index contributed by atoms with van der Waals surface area (Å²) in [5.41, 5.74) is 0.709. The van der Waals surface area contributed by atoms with Gasteiger partial charge in [-0.2, -0.15) is 0 Å². The van der Waals surface area contributed by atoms with Crippen molar-refractivity contribution in [3.05, 3.63) is 35.4 Å². The highest BCUT2D eigenvalue weighted by molar-refractivity contribution is 9.11. The molecule has 2 atom stereocenters. The first-order chi connectivity index (χ1) is 6.85. The van der Waals surface area contributed by atoms with Gasteiger partial charge in [-0.05, 0) is 17.5 Å². The van der Waals surface area contributed by atoms with E-state index in [1.165, 1.54) is 0 Å². The molecule has 0 unspecified atom stereocenters. The summed E-state index contributed by atoms with van der Waals surface area (Å²) >= 11 is 26.7. The van der Waals surface area contributed by atoms with Crippen LogP contribution in [0.1, 0.15) is 6.92 Å². The van der Waals surface area contributed by atoms with Crippen LogP contribution in [-0.4, -0.2) is 15.1 Å². The first kappa shape index (κ1) is 15.9. The summed E-state index contributed by atoms with van der Waals surface area (Å²) in [6, 6.07) is 0. The van der Waals surface area contributed by atoms with Gasteiger partial charge in [-0.25, -0.2) is 0 Å². The van der Waals surface area contributed by atoms with E-state index in [1.807, 2.05) is 0 Å². The van der Waals surface area contributed by atoms with Crippen LogP contribution in [-0.2, 0) is 0 Å². The van der Waals surface area contributed by atoms with E-state index in [4.69, 9.17) is 46.4 Å². The Labute approximate surface area is 119 Å². The highest BCUT2D eigenvalue weighted by Crippen LogP contribution is 2.27. The van der Waals surface area contributed by atoms with Crippen molar-refractivity contribution in [2.45, 2.75) is 22.0 Å². The molecule has 15 heavy (non-hydrogen) atoms. The molecular formula is C10H11BrCl4. The molecule has 0 heterocycles. The molecule has 0 radical (unpaired) electrons. The molecule has 0 aromatic heterocycles. The van der Waals surface area contributed by atoms with Crippen LogP contribution in [0, 0.1) is 0 Å². The summed E-state index contributed by atoms with van der Waals surface area (Å²) in [5, 5.41) is -0.383. The SMILES string of the molecule is C=C[C@@](C)(Cl)[C@@H](Cl)/C=C/C(=C\Br)C(Cl)Cl. The van der Waals surface area contributed by atoms with Crippen LogP contribution < -0.4 is 0 Å². The molecule has 0 aliphatic heterocycles. The fourth-order valence-corrected chi connectivity index (χ4v) is 1.88. The van der Waals surface area contributed by atoms with Crippen LogP contribution in [0.4, 0.5) is 0 Å². The molecule has 0 saturated heterocycles. The Bertz CT molecular complexity index is 269. The summed E-state index contributed by atoms with van der Waals surface area (Å²) < 4.78 is 0. The Morgan fingerprint density at radius 1 is 1.40 bits per heavy atom. The summed E-state index contributed by atoms with van der Waals surface area (Å²) in [6.07, 6.45) is 5.04. The number of halogens is 5. The van der Waals surface area contributed by atoms with Gasteiger partial charge < -0.3 is 0 Å². The van der Waals surface area contributed by atoms with Crippen LogP contribution in [0.2, 0.25) is 0 Å². The molecule has 86 valence electrons. The van der Waals surface area contributed by atoms with Gasteiger partial charge in [0.05, 0.1) is 10.3 Å². The summed E-state index contributed by atoms with van der Waals surface area (Å²) in [5.74, 6) is 0. The molecule has 0 spiro atoms. The van der Waals surface area contributed by atoms with Gasteiger partial charge in [0, 0.05) is 0 Å². The standard InChI is InChI=1S/C10H11BrCl4/c1-3-10(2,15)8(12)5-4-7(6-11)9(13)14/h3-6,8-9H,1H2,2H3/b5-4+,7-6+/t8-,10+/m0/s1. The van der Waals surface area contributed by atoms with E-state index >= 15 is 0 Å². The third kappa shape index (κ3) is 5.65. The summed E-state index contributed by atoms with van der Waals surface area (Å²) in [6.45, 7) is 5.39. The number of alkyl halides is 4. The van der Waals surface area contributed by atoms with Crippen LogP contribution in [0.5, 0.6) is 0 Å². The predicted octanol–water partition coefficient (Wildman–Crippen LogP) is 5.42. The van der Waals surface area contributed by atoms with E-state index in [0.29, 0.717) is 5.57 Å². The lowest BCUT2D eigenvalue weighted by atomic mass is 10.1. The summed E-state index contributed by atoms with van der Waals surface area (Å²) in [7, 11) is 0. The van der Waals surface area contributed by atoms with E-state index in [-0.39, 0.29) is 5.38 Å². The van der Waals surface area contributed by atoms with E-state index < -0.39 is 9.71 Å². The van der Waals surface area contributed by atoms with Crippen molar-refractivity contribution in [2.24, 2.45) is 0 Å². The maximum Gasteiger partial charge on any atom is 0.133 e. The smallest absolute Gasteiger partial charge is 0.116 e. The van der Waals surface area contributed by atoms with Gasteiger partial charge in [-0.15, -0.1) is 53.0 Å². The molecule has 0 aliphatic rings. The third-order valence-corrected chi connectivity index (χ3v) is 3.91. The molecule has 0 aromatic rings. The van der Waals surface area contributed by atoms with E-state index in [9.17, 15) is 0 Å². The Morgan fingerprint density at radius 2 is 1.93 bits per heavy atom. The van der Waals surface area contributed by atoms with Crippen molar-refractivity contribution in [3.63, 3.8) is 0 Å². The Balaban J connectivity index is 4.60. The predicted molar refractivity (Wildman–Crippen MR) is 75.7 cm³/mol. The molecule has 0 nitrogen and oxygen atoms in total. The number of allylic oxidation sites excluding steroid dienone is 4. The zero-order chi connectivity index (χ0) is 12.1. The van der Waals surface area contributed by atoms with Crippen molar-refractivity contribution < 1.29 is 0 Å². The Kier molecular flexibility index (Phi) is 7.65. The highest BCUT2D eigenvalue weighted by atomic mass is 79.9. The van der Waals surface area contributed by atoms with Crippen LogP contribution >= 0.6 is 62.3 Å². The van der Waals surface area contributed by atoms with Gasteiger partial charge in [0.15, 0.2) is 0 Å². The largest absolute Gasteiger partial charge is 0.133 e. The molecular weight excluding hydrogens is 342 g/mol. The van der Waals surface area contributed by atoms with E-state index in [2.05, 4.69) is 22.5 Å². The zero-order valence-corrected chi connectivity index (χ0v) is 12.7. The Hall–Kier alpha value is 0.860. The third-order valence-electron chi connectivity index (χ3n) is 1.77. The van der Waals surface area contributed by atoms with Gasteiger partial charge in [0.25, 0.3) is 0 Å². The normalized spacial score (nSPS) is 19.3. The second-order valence-corrected chi connectivity index (χ2v) is 5.86. The zero-order valence-electron chi connectivity index (χ0n) is 8.06. The minimum absolute atomic E-state index is 0.383. The van der Waals surface area contributed by atoms with Crippen LogP contribution in [0.15, 0.2) is 35.4 Å². The first-order valence-corrected chi connectivity index (χ1v) is 6.68. The minimum atomic E-state index is -0.691. The topological polar surface area (TPSA) is 0 Å². The molecule has 0 bridgehead atoms. The van der Waals surface area contributed by atoms with Gasteiger partial charge in [-0.3, -0.25) is 0 Å². The minimum Gasteiger partial charge on any atom is -0.116 e. The number of rotatable bonds is 5. The fraction of sp³-hybridized carbons (Fsp3) is 0.400. The van der Waals surface area contributed by atoms with Crippen molar-refractivity contribution in [1.29, 1.82) is 0 Å². The molecule has 0 amide bonds. The second kappa shape index (κ2) is 7.24. The lowest BCUT2D eigenvalue weighted by Gasteiger charge is -2.20. The average Bonchev–Trinajstić information content (AvgIpc) is 2.17. The van der Waals surface area contributed by atoms with Crippen LogP contribution in [0.25, 0.3) is 0 Å². The molecule has 0 fully saturated rings. The quantitative estimate of drug-likeness (QED) is 0.352. The van der Waals surface area contributed by atoms with E-state index in [0.717, 1.165) is 0 Å². The lowest BCUT2D eigenvalue weighted by Crippen LogP contribution is -2.24. The maximum absolute atomic E-state index is 6.08. The van der Waals surface area contributed by atoms with Crippen molar-refractivity contribution in [1.82, 2.24) is 0 Å². The van der Waals surface area contributed by atoms with Gasteiger partial charge in [0.2, 0.25) is 0 Å². The molecule has 0 saturated carbocycles. The fourth-order valence-electron chi connectivity index (χ4n) is 0.653. The molecule has 0 rings (SSSR count). The van der Waals surface area contributed by atoms with Crippen molar-refractivity contribution >= 4 is 62.3 Å². The average molecular weight is 353 g/mol. The number of hydrogen-bond donors (Lipinski definition) is 0. The van der Waals surface area contributed by atoms with Crippen LogP contribution in [0.3, 0.4) is 0 Å². The molecule has 0 aromatic carbocycles. The number of hydrogen-bond acceptors (Lipinski definition) is 0. The van der Waals surface area contributed by atoms with Gasteiger partial charge in [-0.1, -0.05) is 34.2 Å². The Morgan fingerprint density at radius 3 is 2.27 bits per heavy atom. The van der Waals surface area contributed by atoms with Crippen molar-refractivity contribution in [3.8, 4) is 0 Å². The van der Waals surface area contributed by atoms with Gasteiger partial charge in [0.1, 0.15) is 4.84 Å². The second-order valence-electron chi connectivity index (χ2n) is 3.03. The monoisotopic (exact) mass is 350 g/mol. The first-order valence-electron chi connectivity index (χ1n) is 4.08. The summed E-state index contributed by atoms with van der Waals surface area (Å²) in [4.78, 5) is 0.343. The molecule has 0 N–H and O–H groups in total. The van der Waals surface area contributed by atoms with E-state index in [1.54, 1.807) is 30.1 Å². The highest BCUT2D eigenvalue weighted by Gasteiger charge is 2.24. The lowest BCUT2D eigenvalue weighted by molar-refractivity contribution is 0.801. The van der Waals surface area contributed by atoms with Crippen molar-refractivity contribution in [2.75, 3.05) is 0 Å².